The van der Waals surface area contributed by atoms with E-state index in [1.54, 1.807) is 11.3 Å². The molecule has 7 heteroatoms. The molecule has 0 saturated heterocycles. The summed E-state index contributed by atoms with van der Waals surface area (Å²) in [6.07, 6.45) is 2.63. The van der Waals surface area contributed by atoms with Crippen molar-refractivity contribution >= 4 is 44.3 Å². The maximum atomic E-state index is 12.6. The molecule has 1 aliphatic carbocycles. The molecule has 1 fully saturated rings. The van der Waals surface area contributed by atoms with E-state index in [-0.39, 0.29) is 5.92 Å². The first kappa shape index (κ1) is 23.4. The van der Waals surface area contributed by atoms with Crippen molar-refractivity contribution in [3.05, 3.63) is 77.9 Å². The fraction of sp³-hybridized carbons (Fsp3) is 0.222. The first-order chi connectivity index (χ1) is 16.4. The van der Waals surface area contributed by atoms with Crippen molar-refractivity contribution in [3.63, 3.8) is 0 Å². The van der Waals surface area contributed by atoms with Gasteiger partial charge in [-0.25, -0.2) is 9.78 Å². The highest BCUT2D eigenvalue weighted by atomic mass is 32.1. The van der Waals surface area contributed by atoms with Gasteiger partial charge in [-0.3, -0.25) is 4.79 Å². The zero-order valence-electron chi connectivity index (χ0n) is 18.8. The summed E-state index contributed by atoms with van der Waals surface area (Å²) in [5.41, 5.74) is 6.38. The lowest BCUT2D eigenvalue weighted by atomic mass is 9.94. The number of ketones is 1. The molecule has 4 aromatic rings. The van der Waals surface area contributed by atoms with Gasteiger partial charge >= 0.3 is 6.16 Å². The van der Waals surface area contributed by atoms with E-state index in [1.165, 1.54) is 23.1 Å². The zero-order chi connectivity index (χ0) is 24.1. The van der Waals surface area contributed by atoms with Gasteiger partial charge in [0.1, 0.15) is 0 Å². The Balaban J connectivity index is 0.000000636. The van der Waals surface area contributed by atoms with E-state index < -0.39 is 6.16 Å². The number of para-hydroxylation sites is 1. The second-order valence-electron chi connectivity index (χ2n) is 8.35. The number of hydrogen-bond acceptors (Lipinski definition) is 5. The third-order valence-corrected chi connectivity index (χ3v) is 6.92. The van der Waals surface area contributed by atoms with E-state index in [4.69, 9.17) is 20.0 Å². The lowest BCUT2D eigenvalue weighted by Gasteiger charge is -2.09. The monoisotopic (exact) mass is 474 g/mol. The summed E-state index contributed by atoms with van der Waals surface area (Å²) in [5, 5.41) is 18.3. The van der Waals surface area contributed by atoms with Crippen molar-refractivity contribution in [3.8, 4) is 11.1 Å². The smallest absolute Gasteiger partial charge is 0.450 e. The van der Waals surface area contributed by atoms with E-state index in [9.17, 15) is 4.79 Å². The summed E-state index contributed by atoms with van der Waals surface area (Å²) >= 11 is 1.67. The van der Waals surface area contributed by atoms with Gasteiger partial charge in [0.15, 0.2) is 10.9 Å². The molecule has 1 aromatic heterocycles. The molecular formula is C27H26N2O4S. The van der Waals surface area contributed by atoms with Crippen LogP contribution >= 0.6 is 11.3 Å². The first-order valence-electron chi connectivity index (χ1n) is 11.2. The van der Waals surface area contributed by atoms with Crippen molar-refractivity contribution in [1.29, 1.82) is 0 Å². The average Bonchev–Trinajstić information content (AvgIpc) is 3.50. The van der Waals surface area contributed by atoms with Crippen molar-refractivity contribution in [2.45, 2.75) is 32.6 Å². The number of carboxylic acid groups (broad SMARTS) is 2. The van der Waals surface area contributed by atoms with Gasteiger partial charge in [0.05, 0.1) is 10.2 Å². The molecule has 0 bridgehead atoms. The topological polar surface area (TPSA) is 99.5 Å². The van der Waals surface area contributed by atoms with E-state index in [0.29, 0.717) is 5.78 Å². The lowest BCUT2D eigenvalue weighted by molar-refractivity contribution is 0.0922. The molecule has 0 unspecified atom stereocenters. The van der Waals surface area contributed by atoms with E-state index >= 15 is 0 Å². The molecule has 0 radical (unpaired) electrons. The molecule has 0 aliphatic heterocycles. The van der Waals surface area contributed by atoms with Crippen molar-refractivity contribution in [2.75, 3.05) is 5.32 Å². The predicted octanol–water partition coefficient (Wildman–Crippen LogP) is 7.61. The summed E-state index contributed by atoms with van der Waals surface area (Å²) in [5.74, 6) is 0.539. The van der Waals surface area contributed by atoms with Crippen molar-refractivity contribution in [1.82, 2.24) is 4.98 Å². The van der Waals surface area contributed by atoms with Crippen LogP contribution in [0.15, 0.2) is 66.7 Å². The standard InChI is InChI=1S/C26H24N2OS.CH2O3/c1-17-5-4-8-23-24(17)28-26(30-23)27-22-15-13-19(14-16-22)18-9-11-21(12-10-18)25(29)20-6-2-3-7-20;2-1(3)4/h4-5,8-16,20H,2-3,6-7H2,1H3,(H,27,28);(H2,2,3,4). The predicted molar refractivity (Wildman–Crippen MR) is 136 cm³/mol. The van der Waals surface area contributed by atoms with Crippen LogP contribution in [0.2, 0.25) is 0 Å². The van der Waals surface area contributed by atoms with Gasteiger partial charge in [-0.15, -0.1) is 0 Å². The summed E-state index contributed by atoms with van der Waals surface area (Å²) in [6.45, 7) is 2.09. The second-order valence-corrected chi connectivity index (χ2v) is 9.38. The molecule has 1 heterocycles. The number of thiazole rings is 1. The average molecular weight is 475 g/mol. The van der Waals surface area contributed by atoms with Gasteiger partial charge in [0, 0.05) is 17.2 Å². The molecule has 0 atom stereocenters. The van der Waals surface area contributed by atoms with Crippen LogP contribution in [0, 0.1) is 12.8 Å². The molecule has 0 amide bonds. The molecule has 34 heavy (non-hydrogen) atoms. The highest BCUT2D eigenvalue weighted by Crippen LogP contribution is 2.31. The lowest BCUT2D eigenvalue weighted by Crippen LogP contribution is -2.10. The van der Waals surface area contributed by atoms with Crippen LogP contribution in [0.25, 0.3) is 21.3 Å². The van der Waals surface area contributed by atoms with Crippen molar-refractivity contribution < 1.29 is 19.8 Å². The van der Waals surface area contributed by atoms with Gasteiger partial charge in [0.2, 0.25) is 0 Å². The SMILES string of the molecule is Cc1cccc2sc(Nc3ccc(-c4ccc(C(=O)C5CCCC5)cc4)cc3)nc12.O=C(O)O. The Kier molecular flexibility index (Phi) is 7.23. The van der Waals surface area contributed by atoms with Crippen LogP contribution in [-0.4, -0.2) is 27.1 Å². The number of carbonyl (C=O) groups excluding carboxylic acids is 1. The Morgan fingerprint density at radius 1 is 0.912 bits per heavy atom. The minimum atomic E-state index is -1.83. The maximum Gasteiger partial charge on any atom is 0.503 e. The Labute approximate surface area is 201 Å². The third kappa shape index (κ3) is 5.61. The van der Waals surface area contributed by atoms with E-state index in [0.717, 1.165) is 45.9 Å². The number of rotatable bonds is 5. The number of fused-ring (bicyclic) bond motifs is 1. The minimum absolute atomic E-state index is 0.229. The van der Waals surface area contributed by atoms with Crippen LogP contribution in [0.4, 0.5) is 15.6 Å². The second kappa shape index (κ2) is 10.5. The minimum Gasteiger partial charge on any atom is -0.450 e. The van der Waals surface area contributed by atoms with Crippen LogP contribution in [0.1, 0.15) is 41.6 Å². The highest BCUT2D eigenvalue weighted by Gasteiger charge is 2.23. The quantitative estimate of drug-likeness (QED) is 0.257. The Bertz CT molecular complexity index is 1290. The van der Waals surface area contributed by atoms with Crippen LogP contribution in [-0.2, 0) is 0 Å². The molecular weight excluding hydrogens is 448 g/mol. The molecule has 5 rings (SSSR count). The van der Waals surface area contributed by atoms with Crippen LogP contribution < -0.4 is 5.32 Å². The first-order valence-corrected chi connectivity index (χ1v) is 12.0. The summed E-state index contributed by atoms with van der Waals surface area (Å²) in [6, 6.07) is 22.7. The number of anilines is 2. The number of Topliss-reactive ketones (excluding diaryl/α,β-unsaturated/α-hetero) is 1. The maximum absolute atomic E-state index is 12.6. The summed E-state index contributed by atoms with van der Waals surface area (Å²) in [4.78, 5) is 25.9. The molecule has 3 aromatic carbocycles. The number of aromatic nitrogens is 1. The normalized spacial score (nSPS) is 13.3. The van der Waals surface area contributed by atoms with Crippen LogP contribution in [0.5, 0.6) is 0 Å². The number of nitrogens with one attached hydrogen (secondary N) is 1. The van der Waals surface area contributed by atoms with Crippen LogP contribution in [0.3, 0.4) is 0 Å². The van der Waals surface area contributed by atoms with Gasteiger partial charge < -0.3 is 15.5 Å². The molecule has 174 valence electrons. The summed E-state index contributed by atoms with van der Waals surface area (Å²) < 4.78 is 1.20. The van der Waals surface area contributed by atoms with Gasteiger partial charge in [-0.05, 0) is 54.7 Å². The number of nitrogens with zero attached hydrogens (tertiary/aromatic N) is 1. The Morgan fingerprint density at radius 2 is 1.50 bits per heavy atom. The Hall–Kier alpha value is -3.71. The molecule has 1 aliphatic rings. The van der Waals surface area contributed by atoms with E-state index in [1.807, 2.05) is 12.1 Å². The highest BCUT2D eigenvalue weighted by molar-refractivity contribution is 7.22. The summed E-state index contributed by atoms with van der Waals surface area (Å²) in [7, 11) is 0. The largest absolute Gasteiger partial charge is 0.503 e. The number of carbonyl (C=O) groups is 2. The molecule has 3 N–H and O–H groups in total. The number of hydrogen-bond donors (Lipinski definition) is 3. The number of benzene rings is 3. The van der Waals surface area contributed by atoms with E-state index in [2.05, 4.69) is 66.8 Å². The molecule has 1 saturated carbocycles. The molecule has 0 spiro atoms. The van der Waals surface area contributed by atoms with Crippen molar-refractivity contribution in [2.24, 2.45) is 5.92 Å². The Morgan fingerprint density at radius 3 is 2.09 bits per heavy atom. The van der Waals surface area contributed by atoms with Gasteiger partial charge in [0.25, 0.3) is 0 Å². The number of aryl methyl sites for hydroxylation is 1. The third-order valence-electron chi connectivity index (χ3n) is 5.99. The zero-order valence-corrected chi connectivity index (χ0v) is 19.6. The van der Waals surface area contributed by atoms with Gasteiger partial charge in [-0.2, -0.15) is 0 Å². The van der Waals surface area contributed by atoms with Gasteiger partial charge in [-0.1, -0.05) is 72.7 Å². The fourth-order valence-corrected chi connectivity index (χ4v) is 5.22. The fourth-order valence-electron chi connectivity index (χ4n) is 4.26. The molecule has 6 nitrogen and oxygen atoms in total.